The predicted molar refractivity (Wildman–Crippen MR) is 77.4 cm³/mol. The van der Waals surface area contributed by atoms with Gasteiger partial charge in [-0.1, -0.05) is 0 Å². The molecule has 7 heteroatoms. The minimum Gasteiger partial charge on any atom is -0.236 e. The van der Waals surface area contributed by atoms with Crippen molar-refractivity contribution < 1.29 is 8.42 Å². The van der Waals surface area contributed by atoms with Crippen molar-refractivity contribution in [3.63, 3.8) is 0 Å². The molecule has 1 aliphatic heterocycles. The van der Waals surface area contributed by atoms with Crippen LogP contribution < -0.4 is 0 Å². The minimum absolute atomic E-state index is 0.182. The van der Waals surface area contributed by atoms with Gasteiger partial charge in [-0.2, -0.15) is 9.40 Å². The molecule has 0 bridgehead atoms. The largest absolute Gasteiger partial charge is 0.248 e. The lowest BCUT2D eigenvalue weighted by Gasteiger charge is -2.47. The third kappa shape index (κ3) is 1.83. The summed E-state index contributed by atoms with van der Waals surface area (Å²) < 4.78 is 29.5. The van der Waals surface area contributed by atoms with Gasteiger partial charge in [0.05, 0.1) is 5.69 Å². The van der Waals surface area contributed by atoms with E-state index >= 15 is 0 Å². The maximum Gasteiger partial charge on any atom is 0.248 e. The number of sulfonamides is 1. The van der Waals surface area contributed by atoms with E-state index in [-0.39, 0.29) is 10.9 Å². The van der Waals surface area contributed by atoms with Gasteiger partial charge in [0, 0.05) is 25.0 Å². The van der Waals surface area contributed by atoms with Crippen LogP contribution in [0.15, 0.2) is 23.4 Å². The number of hydrogen-bond donors (Lipinski definition) is 0. The van der Waals surface area contributed by atoms with Crippen LogP contribution in [-0.4, -0.2) is 39.9 Å². The van der Waals surface area contributed by atoms with Crippen LogP contribution in [0.4, 0.5) is 0 Å². The van der Waals surface area contributed by atoms with Crippen LogP contribution in [0.5, 0.6) is 0 Å². The average Bonchev–Trinajstić information content (AvgIpc) is 2.76. The van der Waals surface area contributed by atoms with Gasteiger partial charge in [-0.05, 0) is 44.6 Å². The van der Waals surface area contributed by atoms with Crippen molar-refractivity contribution >= 4 is 15.7 Å². The Balaban J connectivity index is 1.85. The topological polar surface area (TPSA) is 67.6 Å². The van der Waals surface area contributed by atoms with E-state index in [4.69, 9.17) is 0 Å². The van der Waals surface area contributed by atoms with Crippen molar-refractivity contribution in [2.75, 3.05) is 6.54 Å². The molecule has 21 heavy (non-hydrogen) atoms. The van der Waals surface area contributed by atoms with Crippen LogP contribution >= 0.6 is 0 Å². The summed E-state index contributed by atoms with van der Waals surface area (Å²) in [4.78, 5) is 4.49. The number of aryl methyl sites for hydroxylation is 1. The Morgan fingerprint density at radius 1 is 1.29 bits per heavy atom. The van der Waals surface area contributed by atoms with E-state index in [0.717, 1.165) is 25.7 Å². The Bertz CT molecular complexity index is 798. The minimum atomic E-state index is -3.52. The molecule has 0 aromatic carbocycles. The smallest absolute Gasteiger partial charge is 0.236 e. The zero-order chi connectivity index (χ0) is 14.6. The van der Waals surface area contributed by atoms with Gasteiger partial charge in [0.2, 0.25) is 10.0 Å². The quantitative estimate of drug-likeness (QED) is 0.845. The second-order valence-corrected chi connectivity index (χ2v) is 7.79. The van der Waals surface area contributed by atoms with E-state index in [0.29, 0.717) is 23.8 Å². The molecule has 0 spiro atoms. The van der Waals surface area contributed by atoms with Crippen LogP contribution in [0.2, 0.25) is 0 Å². The lowest BCUT2D eigenvalue weighted by Crippen LogP contribution is -2.53. The maximum atomic E-state index is 13.1. The number of nitrogens with zero attached hydrogens (tertiary/aromatic N) is 4. The van der Waals surface area contributed by atoms with Crippen molar-refractivity contribution in [2.24, 2.45) is 5.92 Å². The Kier molecular flexibility index (Phi) is 2.84. The summed E-state index contributed by atoms with van der Waals surface area (Å²) in [6.45, 7) is 2.36. The fourth-order valence-electron chi connectivity index (χ4n) is 3.64. The predicted octanol–water partition coefficient (Wildman–Crippen LogP) is 1.60. The summed E-state index contributed by atoms with van der Waals surface area (Å²) >= 11 is 0. The highest BCUT2D eigenvalue weighted by Crippen LogP contribution is 2.42. The normalized spacial score (nSPS) is 26.5. The number of rotatable bonds is 2. The van der Waals surface area contributed by atoms with Crippen LogP contribution in [0.1, 0.15) is 31.4 Å². The highest BCUT2D eigenvalue weighted by molar-refractivity contribution is 7.89. The Morgan fingerprint density at radius 3 is 2.90 bits per heavy atom. The molecular formula is C14H18N4O2S. The molecule has 1 saturated carbocycles. The van der Waals surface area contributed by atoms with Gasteiger partial charge in [-0.25, -0.2) is 17.9 Å². The molecule has 1 aliphatic carbocycles. The zero-order valence-corrected chi connectivity index (χ0v) is 12.8. The van der Waals surface area contributed by atoms with E-state index in [1.54, 1.807) is 34.2 Å². The first-order valence-corrected chi connectivity index (χ1v) is 8.85. The highest BCUT2D eigenvalue weighted by atomic mass is 32.2. The molecule has 0 radical (unpaired) electrons. The molecule has 2 aromatic rings. The zero-order valence-electron chi connectivity index (χ0n) is 11.9. The van der Waals surface area contributed by atoms with Crippen molar-refractivity contribution in [2.45, 2.75) is 43.5 Å². The Labute approximate surface area is 123 Å². The fraction of sp³-hybridized carbons (Fsp3) is 0.571. The summed E-state index contributed by atoms with van der Waals surface area (Å²) in [7, 11) is -3.52. The molecule has 2 atom stereocenters. The van der Waals surface area contributed by atoms with E-state index < -0.39 is 10.0 Å². The lowest BCUT2D eigenvalue weighted by atomic mass is 9.74. The van der Waals surface area contributed by atoms with Crippen molar-refractivity contribution in [3.05, 3.63) is 24.2 Å². The van der Waals surface area contributed by atoms with Crippen molar-refractivity contribution in [1.29, 1.82) is 0 Å². The summed E-state index contributed by atoms with van der Waals surface area (Å²) in [6.07, 6.45) is 7.58. The van der Waals surface area contributed by atoms with E-state index in [1.807, 2.05) is 0 Å². The van der Waals surface area contributed by atoms with Gasteiger partial charge in [0.15, 0.2) is 5.65 Å². The first-order valence-electron chi connectivity index (χ1n) is 7.41. The molecule has 6 nitrogen and oxygen atoms in total. The third-order valence-electron chi connectivity index (χ3n) is 4.78. The van der Waals surface area contributed by atoms with E-state index in [9.17, 15) is 8.42 Å². The first kappa shape index (κ1) is 13.2. The third-order valence-corrected chi connectivity index (χ3v) is 6.85. The summed E-state index contributed by atoms with van der Waals surface area (Å²) in [5, 5.41) is 4.28. The number of fused-ring (bicyclic) bond motifs is 2. The van der Waals surface area contributed by atoms with Crippen LogP contribution in [0.25, 0.3) is 5.65 Å². The molecule has 0 N–H and O–H groups in total. The first-order chi connectivity index (χ1) is 10.1. The number of hydrogen-bond acceptors (Lipinski definition) is 4. The lowest BCUT2D eigenvalue weighted by molar-refractivity contribution is 0.0825. The molecule has 4 rings (SSSR count). The molecule has 2 fully saturated rings. The van der Waals surface area contributed by atoms with E-state index in [2.05, 4.69) is 10.1 Å². The van der Waals surface area contributed by atoms with Gasteiger partial charge < -0.3 is 0 Å². The average molecular weight is 306 g/mol. The second kappa shape index (κ2) is 4.51. The Hall–Kier alpha value is -1.47. The summed E-state index contributed by atoms with van der Waals surface area (Å²) in [5.41, 5.74) is 0.951. The second-order valence-electron chi connectivity index (χ2n) is 5.97. The van der Waals surface area contributed by atoms with Crippen LogP contribution in [0.3, 0.4) is 0 Å². The Morgan fingerprint density at radius 2 is 2.14 bits per heavy atom. The standard InChI is InChI=1S/C14H18N4O2S/c1-10-13(14-15-7-3-8-17(14)16-10)21(19,20)18-9-2-4-11-5-6-12(11)18/h3,7-8,11-12H,2,4-6,9H2,1H3/t11-,12+/m1/s1. The summed E-state index contributed by atoms with van der Waals surface area (Å²) in [6, 6.07) is 1.93. The molecule has 0 amide bonds. The molecule has 2 aliphatic rings. The van der Waals surface area contributed by atoms with Gasteiger partial charge in [0.25, 0.3) is 0 Å². The van der Waals surface area contributed by atoms with Crippen molar-refractivity contribution in [3.8, 4) is 0 Å². The molecular weight excluding hydrogens is 288 g/mol. The van der Waals surface area contributed by atoms with Gasteiger partial charge in [0.1, 0.15) is 4.90 Å². The molecule has 3 heterocycles. The molecule has 2 aromatic heterocycles. The summed E-state index contributed by atoms with van der Waals surface area (Å²) in [5.74, 6) is 0.545. The van der Waals surface area contributed by atoms with Crippen molar-refractivity contribution in [1.82, 2.24) is 18.9 Å². The van der Waals surface area contributed by atoms with Gasteiger partial charge >= 0.3 is 0 Å². The molecule has 112 valence electrons. The maximum absolute atomic E-state index is 13.1. The number of aromatic nitrogens is 3. The SMILES string of the molecule is Cc1nn2cccnc2c1S(=O)(=O)N1CCC[C@@H]2CC[C@@H]21. The fourth-order valence-corrected chi connectivity index (χ4v) is 5.66. The highest BCUT2D eigenvalue weighted by Gasteiger charge is 2.45. The van der Waals surface area contributed by atoms with E-state index in [1.165, 1.54) is 0 Å². The van der Waals surface area contributed by atoms with Gasteiger partial charge in [-0.3, -0.25) is 0 Å². The van der Waals surface area contributed by atoms with Gasteiger partial charge in [-0.15, -0.1) is 0 Å². The van der Waals surface area contributed by atoms with Crippen LogP contribution in [0, 0.1) is 12.8 Å². The van der Waals surface area contributed by atoms with Crippen LogP contribution in [-0.2, 0) is 10.0 Å². The number of piperidine rings is 1. The monoisotopic (exact) mass is 306 g/mol. The molecule has 0 unspecified atom stereocenters. The molecule has 1 saturated heterocycles.